The minimum atomic E-state index is -0.295. The number of aryl methyl sites for hydroxylation is 1. The van der Waals surface area contributed by atoms with Gasteiger partial charge in [-0.2, -0.15) is 0 Å². The first-order chi connectivity index (χ1) is 15.4. The topological polar surface area (TPSA) is 69.0 Å². The molecule has 3 rings (SSSR count). The zero-order chi connectivity index (χ0) is 23.1. The van der Waals surface area contributed by atoms with Gasteiger partial charge in [0.05, 0.1) is 18.8 Å². The number of methoxy groups -OCH3 is 1. The highest BCUT2D eigenvalue weighted by atomic mass is 35.5. The zero-order valence-corrected chi connectivity index (χ0v) is 20.5. The van der Waals surface area contributed by atoms with Crippen LogP contribution in [0.2, 0.25) is 5.02 Å². The van der Waals surface area contributed by atoms with Crippen molar-refractivity contribution >= 4 is 29.3 Å². The summed E-state index contributed by atoms with van der Waals surface area (Å²) in [5.41, 5.74) is 3.07. The van der Waals surface area contributed by atoms with Gasteiger partial charge in [0.2, 0.25) is 5.91 Å². The maximum Gasteiger partial charge on any atom is 0.220 e. The monoisotopic (exact) mass is 472 g/mol. The number of hydrogen-bond acceptors (Lipinski definition) is 5. The largest absolute Gasteiger partial charge is 0.497 e. The summed E-state index contributed by atoms with van der Waals surface area (Å²) in [6, 6.07) is 13.4. The first-order valence-electron chi connectivity index (χ1n) is 10.7. The summed E-state index contributed by atoms with van der Waals surface area (Å²) < 4.78 is 7.33. The predicted molar refractivity (Wildman–Crippen MR) is 130 cm³/mol. The fourth-order valence-electron chi connectivity index (χ4n) is 3.33. The number of nitrogens with one attached hydrogen (secondary N) is 1. The van der Waals surface area contributed by atoms with Crippen molar-refractivity contribution in [2.45, 2.75) is 57.0 Å². The highest BCUT2D eigenvalue weighted by molar-refractivity contribution is 7.98. The number of carbonyl (C=O) groups excluding carboxylic acids is 1. The Morgan fingerprint density at radius 3 is 2.81 bits per heavy atom. The second-order valence-corrected chi connectivity index (χ2v) is 9.02. The number of halogens is 1. The van der Waals surface area contributed by atoms with E-state index in [9.17, 15) is 4.79 Å². The number of benzene rings is 2. The summed E-state index contributed by atoms with van der Waals surface area (Å²) in [7, 11) is 1.66. The highest BCUT2D eigenvalue weighted by Gasteiger charge is 2.22. The second kappa shape index (κ2) is 11.4. The molecule has 8 heteroatoms. The number of hydrogen-bond donors (Lipinski definition) is 1. The summed E-state index contributed by atoms with van der Waals surface area (Å²) in [5.74, 6) is 2.21. The smallest absolute Gasteiger partial charge is 0.220 e. The van der Waals surface area contributed by atoms with Crippen LogP contribution in [0, 0.1) is 6.92 Å². The molecule has 1 heterocycles. The van der Waals surface area contributed by atoms with Crippen molar-refractivity contribution in [3.63, 3.8) is 0 Å². The molecule has 0 radical (unpaired) electrons. The lowest BCUT2D eigenvalue weighted by atomic mass is 10.2. The summed E-state index contributed by atoms with van der Waals surface area (Å²) in [4.78, 5) is 12.3. The minimum absolute atomic E-state index is 0.0160. The zero-order valence-electron chi connectivity index (χ0n) is 18.9. The molecular formula is C24H29ClN4O2S. The van der Waals surface area contributed by atoms with Crippen LogP contribution in [0.5, 0.6) is 5.75 Å². The van der Waals surface area contributed by atoms with Gasteiger partial charge in [0, 0.05) is 17.2 Å². The summed E-state index contributed by atoms with van der Waals surface area (Å²) >= 11 is 7.90. The molecule has 2 aromatic carbocycles. The first-order valence-corrected chi connectivity index (χ1v) is 12.1. The molecular weight excluding hydrogens is 444 g/mol. The first kappa shape index (κ1) is 24.1. The number of nitrogens with zero attached hydrogens (tertiary/aromatic N) is 3. The third kappa shape index (κ3) is 6.04. The molecule has 0 saturated carbocycles. The van der Waals surface area contributed by atoms with Crippen LogP contribution < -0.4 is 10.1 Å². The van der Waals surface area contributed by atoms with Crippen molar-refractivity contribution in [2.24, 2.45) is 0 Å². The van der Waals surface area contributed by atoms with Crippen LogP contribution >= 0.6 is 23.4 Å². The van der Waals surface area contributed by atoms with E-state index in [1.165, 1.54) is 0 Å². The van der Waals surface area contributed by atoms with Crippen molar-refractivity contribution in [2.75, 3.05) is 7.11 Å². The van der Waals surface area contributed by atoms with Gasteiger partial charge < -0.3 is 10.1 Å². The van der Waals surface area contributed by atoms with Crippen molar-refractivity contribution in [3.8, 4) is 11.4 Å². The summed E-state index contributed by atoms with van der Waals surface area (Å²) in [5, 5.41) is 13.3. The Bertz CT molecular complexity index is 1070. The molecule has 0 aliphatic rings. The average molecular weight is 473 g/mol. The molecule has 0 aliphatic heterocycles. The van der Waals surface area contributed by atoms with Gasteiger partial charge in [-0.15, -0.1) is 10.2 Å². The molecule has 3 aromatic rings. The third-order valence-electron chi connectivity index (χ3n) is 5.09. The van der Waals surface area contributed by atoms with Crippen molar-refractivity contribution in [3.05, 3.63) is 64.4 Å². The molecule has 6 nitrogen and oxygen atoms in total. The normalized spacial score (nSPS) is 11.9. The number of ether oxygens (including phenoxy) is 1. The molecule has 32 heavy (non-hydrogen) atoms. The molecule has 0 bridgehead atoms. The van der Waals surface area contributed by atoms with E-state index < -0.39 is 0 Å². The van der Waals surface area contributed by atoms with E-state index in [4.69, 9.17) is 16.3 Å². The Morgan fingerprint density at radius 2 is 2.06 bits per heavy atom. The fourth-order valence-corrected chi connectivity index (χ4v) is 4.39. The molecule has 0 spiro atoms. The Morgan fingerprint density at radius 1 is 1.25 bits per heavy atom. The Labute approximate surface area is 198 Å². The molecule has 1 atom stereocenters. The lowest BCUT2D eigenvalue weighted by molar-refractivity contribution is -0.121. The van der Waals surface area contributed by atoms with Gasteiger partial charge in [0.25, 0.3) is 0 Å². The third-order valence-corrected chi connectivity index (χ3v) is 6.33. The van der Waals surface area contributed by atoms with E-state index in [-0.39, 0.29) is 11.9 Å². The van der Waals surface area contributed by atoms with Crippen LogP contribution in [-0.4, -0.2) is 27.8 Å². The summed E-state index contributed by atoms with van der Waals surface area (Å²) in [6.45, 7) is 6.03. The molecule has 170 valence electrons. The lowest BCUT2D eigenvalue weighted by Crippen LogP contribution is -2.28. The molecule has 1 amide bonds. The van der Waals surface area contributed by atoms with E-state index in [2.05, 4.69) is 28.5 Å². The Balaban J connectivity index is 1.93. The van der Waals surface area contributed by atoms with E-state index in [1.54, 1.807) is 18.9 Å². The Kier molecular flexibility index (Phi) is 8.59. The van der Waals surface area contributed by atoms with E-state index in [1.807, 2.05) is 54.8 Å². The highest BCUT2D eigenvalue weighted by Crippen LogP contribution is 2.31. The number of rotatable bonds is 10. The van der Waals surface area contributed by atoms with E-state index in [0.717, 1.165) is 40.6 Å². The quantitative estimate of drug-likeness (QED) is 0.372. The average Bonchev–Trinajstić information content (AvgIpc) is 3.22. The van der Waals surface area contributed by atoms with Crippen LogP contribution in [-0.2, 0) is 10.5 Å². The lowest BCUT2D eigenvalue weighted by Gasteiger charge is -2.18. The Hall–Kier alpha value is -2.51. The SMILES string of the molecule is CCCCC(=O)NC(C)c1nnc(SCc2cccc(OC)c2)n1-c1cc(Cl)ccc1C. The molecule has 0 saturated heterocycles. The van der Waals surface area contributed by atoms with Crippen LogP contribution in [0.3, 0.4) is 0 Å². The van der Waals surface area contributed by atoms with Gasteiger partial charge >= 0.3 is 0 Å². The van der Waals surface area contributed by atoms with Gasteiger partial charge in [0.15, 0.2) is 11.0 Å². The molecule has 1 aromatic heterocycles. The van der Waals surface area contributed by atoms with Crippen LogP contribution in [0.25, 0.3) is 5.69 Å². The number of carbonyl (C=O) groups is 1. The number of aromatic nitrogens is 3. The predicted octanol–water partition coefficient (Wildman–Crippen LogP) is 5.90. The minimum Gasteiger partial charge on any atom is -0.497 e. The molecule has 1 N–H and O–H groups in total. The summed E-state index contributed by atoms with van der Waals surface area (Å²) in [6.07, 6.45) is 2.34. The van der Waals surface area contributed by atoms with Gasteiger partial charge in [-0.25, -0.2) is 0 Å². The van der Waals surface area contributed by atoms with Crippen molar-refractivity contribution in [1.29, 1.82) is 0 Å². The maximum atomic E-state index is 12.3. The number of unbranched alkanes of at least 4 members (excludes halogenated alkanes) is 1. The second-order valence-electron chi connectivity index (χ2n) is 7.64. The number of amides is 1. The number of thioether (sulfide) groups is 1. The van der Waals surface area contributed by atoms with E-state index >= 15 is 0 Å². The van der Waals surface area contributed by atoms with Crippen LogP contribution in [0.1, 0.15) is 56.1 Å². The van der Waals surface area contributed by atoms with Crippen molar-refractivity contribution in [1.82, 2.24) is 20.1 Å². The van der Waals surface area contributed by atoms with Gasteiger partial charge in [-0.05, 0) is 55.7 Å². The maximum absolute atomic E-state index is 12.3. The van der Waals surface area contributed by atoms with Gasteiger partial charge in [-0.3, -0.25) is 9.36 Å². The molecule has 0 aliphatic carbocycles. The van der Waals surface area contributed by atoms with Gasteiger partial charge in [0.1, 0.15) is 5.75 Å². The van der Waals surface area contributed by atoms with Gasteiger partial charge in [-0.1, -0.05) is 54.9 Å². The molecule has 1 unspecified atom stereocenters. The van der Waals surface area contributed by atoms with E-state index in [0.29, 0.717) is 23.0 Å². The van der Waals surface area contributed by atoms with Crippen LogP contribution in [0.4, 0.5) is 0 Å². The fraction of sp³-hybridized carbons (Fsp3) is 0.375. The van der Waals surface area contributed by atoms with Crippen molar-refractivity contribution < 1.29 is 9.53 Å². The van der Waals surface area contributed by atoms with Crippen LogP contribution in [0.15, 0.2) is 47.6 Å². The standard InChI is InChI=1S/C24H29ClN4O2S/c1-5-6-10-22(30)26-17(3)23-27-28-24(29(23)21-14-19(25)12-11-16(21)2)32-15-18-8-7-9-20(13-18)31-4/h7-9,11-14,17H,5-6,10,15H2,1-4H3,(H,26,30). The molecule has 0 fully saturated rings.